The van der Waals surface area contributed by atoms with Crippen LogP contribution in [0.4, 0.5) is 0 Å². The average Bonchev–Trinajstić information content (AvgIpc) is 2.71. The highest BCUT2D eigenvalue weighted by molar-refractivity contribution is 5.14. The lowest BCUT2D eigenvalue weighted by Gasteiger charge is -2.33. The van der Waals surface area contributed by atoms with Crippen LogP contribution in [0.15, 0.2) is 35.7 Å². The van der Waals surface area contributed by atoms with Crippen molar-refractivity contribution in [3.05, 3.63) is 36.8 Å². The number of piperidine rings is 1. The lowest BCUT2D eigenvalue weighted by atomic mass is 9.87. The van der Waals surface area contributed by atoms with E-state index in [1.165, 1.54) is 18.4 Å². The third kappa shape index (κ3) is 1.75. The summed E-state index contributed by atoms with van der Waals surface area (Å²) in [5.41, 5.74) is 1.25. The van der Waals surface area contributed by atoms with E-state index >= 15 is 0 Å². The molecular weight excluding hydrogens is 174 g/mol. The fourth-order valence-electron chi connectivity index (χ4n) is 2.13. The number of hydrogen-bond acceptors (Lipinski definition) is 2. The van der Waals surface area contributed by atoms with E-state index in [4.69, 9.17) is 4.42 Å². The summed E-state index contributed by atoms with van der Waals surface area (Å²) in [5, 5.41) is 3.58. The van der Waals surface area contributed by atoms with Crippen molar-refractivity contribution in [2.45, 2.75) is 31.8 Å². The zero-order valence-corrected chi connectivity index (χ0v) is 8.57. The van der Waals surface area contributed by atoms with E-state index in [1.807, 2.05) is 18.4 Å². The van der Waals surface area contributed by atoms with Gasteiger partial charge < -0.3 is 9.73 Å². The Morgan fingerprint density at radius 3 is 3.07 bits per heavy atom. The molecule has 0 aromatic carbocycles. The van der Waals surface area contributed by atoms with Crippen LogP contribution in [0.25, 0.3) is 0 Å². The Hall–Kier alpha value is -1.02. The van der Waals surface area contributed by atoms with Gasteiger partial charge in [-0.3, -0.25) is 0 Å². The standard InChI is InChI=1S/C12H17NO/c1-3-11-9(2)4-5-12(13-11)10-6-7-14-8-10/h3,6-9,11-13H,1,4-5H2,2H3/t9-,11+,12+/m1/s1. The van der Waals surface area contributed by atoms with Gasteiger partial charge in [-0.2, -0.15) is 0 Å². The summed E-state index contributed by atoms with van der Waals surface area (Å²) in [5.74, 6) is 0.690. The van der Waals surface area contributed by atoms with Crippen molar-refractivity contribution in [1.29, 1.82) is 0 Å². The normalized spacial score (nSPS) is 32.8. The molecule has 0 unspecified atom stereocenters. The molecule has 0 aliphatic carbocycles. The molecule has 2 nitrogen and oxygen atoms in total. The largest absolute Gasteiger partial charge is 0.472 e. The summed E-state index contributed by atoms with van der Waals surface area (Å²) in [7, 11) is 0. The highest BCUT2D eigenvalue weighted by atomic mass is 16.3. The SMILES string of the molecule is C=C[C@@H]1N[C@H](c2ccoc2)CC[C@H]1C. The monoisotopic (exact) mass is 191 g/mol. The third-order valence-corrected chi connectivity index (χ3v) is 3.12. The van der Waals surface area contributed by atoms with Gasteiger partial charge >= 0.3 is 0 Å². The van der Waals surface area contributed by atoms with Crippen molar-refractivity contribution in [2.75, 3.05) is 0 Å². The summed E-state index contributed by atoms with van der Waals surface area (Å²) in [6.07, 6.45) is 8.01. The van der Waals surface area contributed by atoms with E-state index in [9.17, 15) is 0 Å². The van der Waals surface area contributed by atoms with Gasteiger partial charge in [0.05, 0.1) is 12.5 Å². The molecule has 2 heterocycles. The fraction of sp³-hybridized carbons (Fsp3) is 0.500. The average molecular weight is 191 g/mol. The molecule has 0 saturated carbocycles. The van der Waals surface area contributed by atoms with Gasteiger partial charge in [0.2, 0.25) is 0 Å². The van der Waals surface area contributed by atoms with Crippen LogP contribution in [0.5, 0.6) is 0 Å². The minimum absolute atomic E-state index is 0.434. The summed E-state index contributed by atoms with van der Waals surface area (Å²) >= 11 is 0. The molecule has 1 aliphatic rings. The molecule has 2 rings (SSSR count). The Morgan fingerprint density at radius 2 is 2.43 bits per heavy atom. The number of nitrogens with one attached hydrogen (secondary N) is 1. The highest BCUT2D eigenvalue weighted by Gasteiger charge is 2.25. The Labute approximate surface area is 85.0 Å². The second kappa shape index (κ2) is 4.01. The highest BCUT2D eigenvalue weighted by Crippen LogP contribution is 2.29. The van der Waals surface area contributed by atoms with Crippen LogP contribution >= 0.6 is 0 Å². The summed E-state index contributed by atoms with van der Waals surface area (Å²) in [6.45, 7) is 6.13. The lowest BCUT2D eigenvalue weighted by Crippen LogP contribution is -2.40. The molecule has 1 fully saturated rings. The molecule has 14 heavy (non-hydrogen) atoms. The molecule has 1 aromatic heterocycles. The zero-order valence-electron chi connectivity index (χ0n) is 8.57. The lowest BCUT2D eigenvalue weighted by molar-refractivity contribution is 0.281. The maximum Gasteiger partial charge on any atom is 0.0950 e. The van der Waals surface area contributed by atoms with E-state index in [0.717, 1.165) is 0 Å². The maximum atomic E-state index is 5.10. The molecule has 0 radical (unpaired) electrons. The first-order chi connectivity index (χ1) is 6.81. The first-order valence-corrected chi connectivity index (χ1v) is 5.22. The Balaban J connectivity index is 2.06. The minimum Gasteiger partial charge on any atom is -0.472 e. The van der Waals surface area contributed by atoms with Crippen LogP contribution in [0, 0.1) is 5.92 Å². The van der Waals surface area contributed by atoms with Crippen LogP contribution < -0.4 is 5.32 Å². The maximum absolute atomic E-state index is 5.10. The Bertz CT molecular complexity index is 291. The van der Waals surface area contributed by atoms with Crippen LogP contribution in [-0.4, -0.2) is 6.04 Å². The fourth-order valence-corrected chi connectivity index (χ4v) is 2.13. The van der Waals surface area contributed by atoms with Crippen LogP contribution in [0.3, 0.4) is 0 Å². The second-order valence-corrected chi connectivity index (χ2v) is 4.09. The van der Waals surface area contributed by atoms with Crippen molar-refractivity contribution in [3.8, 4) is 0 Å². The van der Waals surface area contributed by atoms with Gasteiger partial charge in [-0.1, -0.05) is 13.0 Å². The molecule has 0 bridgehead atoms. The number of hydrogen-bond donors (Lipinski definition) is 1. The first-order valence-electron chi connectivity index (χ1n) is 5.22. The van der Waals surface area contributed by atoms with Crippen LogP contribution in [0.1, 0.15) is 31.4 Å². The second-order valence-electron chi connectivity index (χ2n) is 4.09. The van der Waals surface area contributed by atoms with E-state index < -0.39 is 0 Å². The van der Waals surface area contributed by atoms with Gasteiger partial charge in [0.25, 0.3) is 0 Å². The van der Waals surface area contributed by atoms with E-state index in [0.29, 0.717) is 18.0 Å². The van der Waals surface area contributed by atoms with Gasteiger partial charge in [-0.15, -0.1) is 6.58 Å². The first kappa shape index (κ1) is 9.53. The number of rotatable bonds is 2. The molecule has 1 N–H and O–H groups in total. The predicted molar refractivity (Wildman–Crippen MR) is 57.0 cm³/mol. The van der Waals surface area contributed by atoms with Crippen molar-refractivity contribution >= 4 is 0 Å². The number of furan rings is 1. The Morgan fingerprint density at radius 1 is 1.57 bits per heavy atom. The Kier molecular flexibility index (Phi) is 2.73. The summed E-state index contributed by atoms with van der Waals surface area (Å²) in [4.78, 5) is 0. The smallest absolute Gasteiger partial charge is 0.0950 e. The minimum atomic E-state index is 0.434. The summed E-state index contributed by atoms with van der Waals surface area (Å²) < 4.78 is 5.10. The van der Waals surface area contributed by atoms with E-state index in [1.54, 1.807) is 6.26 Å². The van der Waals surface area contributed by atoms with Crippen molar-refractivity contribution < 1.29 is 4.42 Å². The molecule has 0 spiro atoms. The van der Waals surface area contributed by atoms with E-state index in [2.05, 4.69) is 18.8 Å². The van der Waals surface area contributed by atoms with Gasteiger partial charge in [0, 0.05) is 17.6 Å². The van der Waals surface area contributed by atoms with E-state index in [-0.39, 0.29) is 0 Å². The van der Waals surface area contributed by atoms with Gasteiger partial charge in [-0.25, -0.2) is 0 Å². The molecule has 0 amide bonds. The topological polar surface area (TPSA) is 25.2 Å². The molecule has 3 atom stereocenters. The van der Waals surface area contributed by atoms with Gasteiger partial charge in [0.15, 0.2) is 0 Å². The van der Waals surface area contributed by atoms with Crippen molar-refractivity contribution in [2.24, 2.45) is 5.92 Å². The summed E-state index contributed by atoms with van der Waals surface area (Å²) in [6, 6.07) is 2.91. The third-order valence-electron chi connectivity index (χ3n) is 3.12. The van der Waals surface area contributed by atoms with Gasteiger partial charge in [-0.05, 0) is 24.8 Å². The van der Waals surface area contributed by atoms with Crippen LogP contribution in [-0.2, 0) is 0 Å². The van der Waals surface area contributed by atoms with Crippen molar-refractivity contribution in [1.82, 2.24) is 5.32 Å². The molecule has 1 saturated heterocycles. The quantitative estimate of drug-likeness (QED) is 0.727. The zero-order chi connectivity index (χ0) is 9.97. The molecule has 76 valence electrons. The predicted octanol–water partition coefficient (Wildman–Crippen LogP) is 2.89. The van der Waals surface area contributed by atoms with Crippen LogP contribution in [0.2, 0.25) is 0 Å². The molecule has 1 aliphatic heterocycles. The molecule has 2 heteroatoms. The molecular formula is C12H17NO. The van der Waals surface area contributed by atoms with Crippen molar-refractivity contribution in [3.63, 3.8) is 0 Å². The van der Waals surface area contributed by atoms with Gasteiger partial charge in [0.1, 0.15) is 0 Å². The molecule has 1 aromatic rings.